The highest BCUT2D eigenvalue weighted by Crippen LogP contribution is 2.16. The molecule has 0 aliphatic carbocycles. The van der Waals surface area contributed by atoms with Crippen molar-refractivity contribution in [3.8, 4) is 0 Å². The lowest BCUT2D eigenvalue weighted by molar-refractivity contribution is 0.593. The number of thiocarbonyl (C=S) groups is 1. The Morgan fingerprint density at radius 3 is 2.05 bits per heavy atom. The molecular weight excluding hydrogens is 334 g/mol. The molecule has 22 heavy (non-hydrogen) atoms. The molecule has 0 spiro atoms. The zero-order valence-corrected chi connectivity index (χ0v) is 14.8. The molecule has 0 atom stereocenters. The number of thioether (sulfide) groups is 1. The van der Waals surface area contributed by atoms with Crippen LogP contribution < -0.4 is 4.72 Å². The first-order chi connectivity index (χ1) is 10.4. The van der Waals surface area contributed by atoms with Crippen molar-refractivity contribution < 1.29 is 8.42 Å². The second kappa shape index (κ2) is 7.26. The molecule has 3 nitrogen and oxygen atoms in total. The minimum Gasteiger partial charge on any atom is -0.264 e. The van der Waals surface area contributed by atoms with E-state index in [-0.39, 0.29) is 9.22 Å². The second-order valence-electron chi connectivity index (χ2n) is 4.98. The number of hydrogen-bond acceptors (Lipinski definition) is 4. The SMILES string of the molecule is Cc1ccc(CSC(=S)NS(=O)(=O)c2ccc(C)cc2)cc1. The summed E-state index contributed by atoms with van der Waals surface area (Å²) in [7, 11) is -3.60. The fraction of sp³-hybridized carbons (Fsp3) is 0.188. The molecule has 0 heterocycles. The predicted molar refractivity (Wildman–Crippen MR) is 96.6 cm³/mol. The van der Waals surface area contributed by atoms with Gasteiger partial charge < -0.3 is 0 Å². The van der Waals surface area contributed by atoms with Crippen LogP contribution in [0.1, 0.15) is 16.7 Å². The van der Waals surface area contributed by atoms with Crippen LogP contribution in [0.4, 0.5) is 0 Å². The Balaban J connectivity index is 1.96. The molecule has 0 amide bonds. The summed E-state index contributed by atoms with van der Waals surface area (Å²) >= 11 is 6.43. The Morgan fingerprint density at radius 1 is 1.00 bits per heavy atom. The Morgan fingerprint density at radius 2 is 1.50 bits per heavy atom. The molecule has 1 N–H and O–H groups in total. The summed E-state index contributed by atoms with van der Waals surface area (Å²) in [4.78, 5) is 0.219. The Labute approximate surface area is 141 Å². The summed E-state index contributed by atoms with van der Waals surface area (Å²) in [5.74, 6) is 0.634. The molecule has 0 aliphatic heterocycles. The maximum atomic E-state index is 12.2. The molecule has 0 saturated heterocycles. The monoisotopic (exact) mass is 351 g/mol. The van der Waals surface area contributed by atoms with E-state index in [0.29, 0.717) is 5.75 Å². The molecule has 116 valence electrons. The molecule has 2 aromatic rings. The lowest BCUT2D eigenvalue weighted by Gasteiger charge is -2.09. The molecule has 0 aliphatic rings. The van der Waals surface area contributed by atoms with Crippen LogP contribution >= 0.6 is 24.0 Å². The van der Waals surface area contributed by atoms with Crippen molar-refractivity contribution in [1.82, 2.24) is 4.72 Å². The number of hydrogen-bond donors (Lipinski definition) is 1. The highest BCUT2D eigenvalue weighted by Gasteiger charge is 2.15. The standard InChI is InChI=1S/C16H17NO2S3/c1-12-3-7-14(8-4-12)11-21-16(20)17-22(18,19)15-9-5-13(2)6-10-15/h3-10H,11H2,1-2H3,(H,17,20). The van der Waals surface area contributed by atoms with Crippen molar-refractivity contribution in [2.75, 3.05) is 0 Å². The van der Waals surface area contributed by atoms with Gasteiger partial charge in [0.2, 0.25) is 0 Å². The lowest BCUT2D eigenvalue weighted by Crippen LogP contribution is -2.27. The Hall–Kier alpha value is -1.37. The third kappa shape index (κ3) is 4.83. The zero-order chi connectivity index (χ0) is 16.2. The van der Waals surface area contributed by atoms with Gasteiger partial charge in [0.25, 0.3) is 10.0 Å². The van der Waals surface area contributed by atoms with Gasteiger partial charge in [0.15, 0.2) is 0 Å². The number of benzene rings is 2. The van der Waals surface area contributed by atoms with Crippen molar-refractivity contribution in [2.45, 2.75) is 24.5 Å². The third-order valence-corrected chi connectivity index (χ3v) is 5.96. The van der Waals surface area contributed by atoms with Crippen LogP contribution in [0, 0.1) is 13.8 Å². The molecule has 0 saturated carbocycles. The highest BCUT2D eigenvalue weighted by molar-refractivity contribution is 8.23. The molecule has 0 fully saturated rings. The van der Waals surface area contributed by atoms with Crippen molar-refractivity contribution in [2.24, 2.45) is 0 Å². The molecule has 0 radical (unpaired) electrons. The first-order valence-corrected chi connectivity index (χ1v) is 9.56. The average molecular weight is 352 g/mol. The Kier molecular flexibility index (Phi) is 5.61. The van der Waals surface area contributed by atoms with Crippen LogP contribution in [0.25, 0.3) is 0 Å². The van der Waals surface area contributed by atoms with E-state index in [0.717, 1.165) is 11.1 Å². The van der Waals surface area contributed by atoms with Gasteiger partial charge in [-0.05, 0) is 31.5 Å². The molecule has 0 unspecified atom stereocenters. The predicted octanol–water partition coefficient (Wildman–Crippen LogP) is 3.80. The second-order valence-corrected chi connectivity index (χ2v) is 8.31. The van der Waals surface area contributed by atoms with Crippen LogP contribution in [0.15, 0.2) is 53.4 Å². The zero-order valence-electron chi connectivity index (χ0n) is 12.4. The van der Waals surface area contributed by atoms with E-state index in [1.807, 2.05) is 38.1 Å². The highest BCUT2D eigenvalue weighted by atomic mass is 32.2. The minimum absolute atomic E-state index is 0.219. The van der Waals surface area contributed by atoms with Crippen molar-refractivity contribution in [3.63, 3.8) is 0 Å². The number of sulfonamides is 1. The topological polar surface area (TPSA) is 46.2 Å². The van der Waals surface area contributed by atoms with Gasteiger partial charge >= 0.3 is 0 Å². The lowest BCUT2D eigenvalue weighted by atomic mass is 10.2. The summed E-state index contributed by atoms with van der Waals surface area (Å²) in [6.07, 6.45) is 0. The first kappa shape index (κ1) is 17.0. The van der Waals surface area contributed by atoms with E-state index in [4.69, 9.17) is 12.2 Å². The van der Waals surface area contributed by atoms with Crippen LogP contribution in [0.2, 0.25) is 0 Å². The molecule has 0 aromatic heterocycles. The number of nitrogens with one attached hydrogen (secondary N) is 1. The fourth-order valence-corrected chi connectivity index (χ4v) is 4.14. The molecule has 2 rings (SSSR count). The van der Waals surface area contributed by atoms with Crippen molar-refractivity contribution in [1.29, 1.82) is 0 Å². The van der Waals surface area contributed by atoms with E-state index in [1.54, 1.807) is 24.3 Å². The number of rotatable bonds is 4. The van der Waals surface area contributed by atoms with Crippen LogP contribution in [-0.4, -0.2) is 12.7 Å². The van der Waals surface area contributed by atoms with Crippen LogP contribution in [-0.2, 0) is 15.8 Å². The summed E-state index contributed by atoms with van der Waals surface area (Å²) in [5, 5.41) is 0. The fourth-order valence-electron chi connectivity index (χ4n) is 1.75. The van der Waals surface area contributed by atoms with Gasteiger partial charge in [0, 0.05) is 5.75 Å². The average Bonchev–Trinajstić information content (AvgIpc) is 2.46. The smallest absolute Gasteiger partial charge is 0.262 e. The van der Waals surface area contributed by atoms with E-state index in [9.17, 15) is 8.42 Å². The summed E-state index contributed by atoms with van der Waals surface area (Å²) < 4.78 is 27.1. The van der Waals surface area contributed by atoms with E-state index >= 15 is 0 Å². The minimum atomic E-state index is -3.60. The van der Waals surface area contributed by atoms with Gasteiger partial charge in [-0.15, -0.1) is 0 Å². The van der Waals surface area contributed by atoms with Gasteiger partial charge in [-0.25, -0.2) is 8.42 Å². The van der Waals surface area contributed by atoms with Crippen LogP contribution in [0.3, 0.4) is 0 Å². The molecular formula is C16H17NO2S3. The van der Waals surface area contributed by atoms with Gasteiger partial charge in [0.1, 0.15) is 4.32 Å². The number of aryl methyl sites for hydroxylation is 2. The summed E-state index contributed by atoms with van der Waals surface area (Å²) in [6, 6.07) is 14.7. The maximum Gasteiger partial charge on any atom is 0.262 e. The molecule has 2 aromatic carbocycles. The summed E-state index contributed by atoms with van der Waals surface area (Å²) in [6.45, 7) is 3.93. The van der Waals surface area contributed by atoms with Crippen molar-refractivity contribution in [3.05, 3.63) is 65.2 Å². The van der Waals surface area contributed by atoms with Gasteiger partial charge in [-0.3, -0.25) is 4.72 Å². The molecule has 0 bridgehead atoms. The Bertz CT molecular complexity index is 751. The van der Waals surface area contributed by atoms with E-state index < -0.39 is 10.0 Å². The molecule has 6 heteroatoms. The normalized spacial score (nSPS) is 11.2. The van der Waals surface area contributed by atoms with Gasteiger partial charge in [-0.2, -0.15) is 0 Å². The van der Waals surface area contributed by atoms with Gasteiger partial charge in [0.05, 0.1) is 4.90 Å². The van der Waals surface area contributed by atoms with Crippen molar-refractivity contribution >= 4 is 38.3 Å². The first-order valence-electron chi connectivity index (χ1n) is 6.68. The van der Waals surface area contributed by atoms with Crippen LogP contribution in [0.5, 0.6) is 0 Å². The van der Waals surface area contributed by atoms with Gasteiger partial charge in [-0.1, -0.05) is 71.5 Å². The van der Waals surface area contributed by atoms with E-state index in [1.165, 1.54) is 17.3 Å². The maximum absolute atomic E-state index is 12.2. The third-order valence-electron chi connectivity index (χ3n) is 3.04. The van der Waals surface area contributed by atoms with E-state index in [2.05, 4.69) is 4.72 Å². The summed E-state index contributed by atoms with van der Waals surface area (Å²) in [5.41, 5.74) is 3.30. The largest absolute Gasteiger partial charge is 0.264 e. The quantitative estimate of drug-likeness (QED) is 0.851.